The van der Waals surface area contributed by atoms with Crippen LogP contribution in [-0.4, -0.2) is 62.0 Å². The minimum atomic E-state index is 0.304. The topological polar surface area (TPSA) is 35.6 Å². The first-order chi connectivity index (χ1) is 8.24. The molecule has 3 aliphatic rings. The van der Waals surface area contributed by atoms with Gasteiger partial charge in [0.2, 0.25) is 5.91 Å². The lowest BCUT2D eigenvalue weighted by atomic mass is 9.96. The number of nitrogens with one attached hydrogen (secondary N) is 1. The molecule has 3 heterocycles. The van der Waals surface area contributed by atoms with Gasteiger partial charge in [-0.05, 0) is 44.8 Å². The maximum atomic E-state index is 12.4. The van der Waals surface area contributed by atoms with Crippen LogP contribution in [0.1, 0.15) is 12.8 Å². The summed E-state index contributed by atoms with van der Waals surface area (Å²) in [6, 6.07) is 0. The molecule has 2 atom stereocenters. The maximum Gasteiger partial charge on any atom is 0.225 e. The van der Waals surface area contributed by atoms with Crippen LogP contribution in [-0.2, 0) is 4.79 Å². The standard InChI is InChI=1S/C13H23N3O/c1-15-4-2-10(3-5-15)13(17)16-8-11-6-14-7-12(11)9-16/h10-12,14H,2-9H2,1H3. The molecular weight excluding hydrogens is 214 g/mol. The molecule has 17 heavy (non-hydrogen) atoms. The van der Waals surface area contributed by atoms with E-state index in [0.717, 1.165) is 63.9 Å². The number of likely N-dealkylation sites (tertiary alicyclic amines) is 2. The Bertz CT molecular complexity index is 287. The lowest BCUT2D eigenvalue weighted by Gasteiger charge is -2.31. The van der Waals surface area contributed by atoms with Crippen LogP contribution in [0.5, 0.6) is 0 Å². The molecule has 4 heteroatoms. The van der Waals surface area contributed by atoms with Crippen LogP contribution >= 0.6 is 0 Å². The minimum absolute atomic E-state index is 0.304. The normalized spacial score (nSPS) is 35.2. The summed E-state index contributed by atoms with van der Waals surface area (Å²) in [6.45, 7) is 6.40. The van der Waals surface area contributed by atoms with Gasteiger partial charge in [0.05, 0.1) is 0 Å². The summed E-state index contributed by atoms with van der Waals surface area (Å²) in [4.78, 5) is 16.9. The van der Waals surface area contributed by atoms with Crippen molar-refractivity contribution in [2.24, 2.45) is 17.8 Å². The number of carbonyl (C=O) groups excluding carboxylic acids is 1. The fourth-order valence-corrected chi connectivity index (χ4v) is 3.55. The summed E-state index contributed by atoms with van der Waals surface area (Å²) in [7, 11) is 2.15. The molecular formula is C13H23N3O. The van der Waals surface area contributed by atoms with Gasteiger partial charge in [-0.25, -0.2) is 0 Å². The van der Waals surface area contributed by atoms with Crippen LogP contribution < -0.4 is 5.32 Å². The fourth-order valence-electron chi connectivity index (χ4n) is 3.55. The Morgan fingerprint density at radius 3 is 2.29 bits per heavy atom. The quantitative estimate of drug-likeness (QED) is 0.697. The lowest BCUT2D eigenvalue weighted by molar-refractivity contribution is -0.136. The van der Waals surface area contributed by atoms with Crippen molar-refractivity contribution in [2.45, 2.75) is 12.8 Å². The van der Waals surface area contributed by atoms with Gasteiger partial charge in [0.25, 0.3) is 0 Å². The summed E-state index contributed by atoms with van der Waals surface area (Å²) in [5.74, 6) is 2.20. The molecule has 0 aromatic heterocycles. The molecule has 3 aliphatic heterocycles. The molecule has 0 saturated carbocycles. The van der Waals surface area contributed by atoms with Gasteiger partial charge >= 0.3 is 0 Å². The molecule has 0 radical (unpaired) electrons. The second kappa shape index (κ2) is 4.58. The van der Waals surface area contributed by atoms with E-state index in [1.807, 2.05) is 0 Å². The Kier molecular flexibility index (Phi) is 3.09. The number of hydrogen-bond donors (Lipinski definition) is 1. The number of piperidine rings is 1. The largest absolute Gasteiger partial charge is 0.342 e. The summed E-state index contributed by atoms with van der Waals surface area (Å²) in [5, 5.41) is 3.42. The van der Waals surface area contributed by atoms with Crippen LogP contribution in [0, 0.1) is 17.8 Å². The van der Waals surface area contributed by atoms with E-state index in [0.29, 0.717) is 11.8 Å². The average molecular weight is 237 g/mol. The summed E-state index contributed by atoms with van der Waals surface area (Å²) in [6.07, 6.45) is 2.11. The van der Waals surface area contributed by atoms with E-state index in [1.165, 1.54) is 0 Å². The van der Waals surface area contributed by atoms with E-state index in [1.54, 1.807) is 0 Å². The van der Waals surface area contributed by atoms with Crippen LogP contribution in [0.15, 0.2) is 0 Å². The van der Waals surface area contributed by atoms with Gasteiger partial charge in [-0.3, -0.25) is 4.79 Å². The first-order valence-corrected chi connectivity index (χ1v) is 6.92. The Morgan fingerprint density at radius 2 is 1.71 bits per heavy atom. The molecule has 0 spiro atoms. The number of amides is 1. The van der Waals surface area contributed by atoms with Gasteiger partial charge in [0.1, 0.15) is 0 Å². The smallest absolute Gasteiger partial charge is 0.225 e. The molecule has 0 aliphatic carbocycles. The Morgan fingerprint density at radius 1 is 1.12 bits per heavy atom. The highest BCUT2D eigenvalue weighted by molar-refractivity contribution is 5.79. The average Bonchev–Trinajstić information content (AvgIpc) is 2.89. The van der Waals surface area contributed by atoms with Crippen molar-refractivity contribution in [3.8, 4) is 0 Å². The van der Waals surface area contributed by atoms with Crippen LogP contribution in [0.2, 0.25) is 0 Å². The van der Waals surface area contributed by atoms with Crippen LogP contribution in [0.4, 0.5) is 0 Å². The highest BCUT2D eigenvalue weighted by Gasteiger charge is 2.39. The van der Waals surface area contributed by atoms with E-state index in [2.05, 4.69) is 22.2 Å². The minimum Gasteiger partial charge on any atom is -0.342 e. The van der Waals surface area contributed by atoms with E-state index < -0.39 is 0 Å². The lowest BCUT2D eigenvalue weighted by Crippen LogP contribution is -2.41. The molecule has 0 aromatic rings. The van der Waals surface area contributed by atoms with E-state index >= 15 is 0 Å². The van der Waals surface area contributed by atoms with E-state index in [9.17, 15) is 4.79 Å². The van der Waals surface area contributed by atoms with Gasteiger partial charge in [-0.15, -0.1) is 0 Å². The van der Waals surface area contributed by atoms with Crippen molar-refractivity contribution in [1.29, 1.82) is 0 Å². The summed E-state index contributed by atoms with van der Waals surface area (Å²) >= 11 is 0. The van der Waals surface area contributed by atoms with Crippen molar-refractivity contribution >= 4 is 5.91 Å². The van der Waals surface area contributed by atoms with Crippen molar-refractivity contribution in [1.82, 2.24) is 15.1 Å². The van der Waals surface area contributed by atoms with Gasteiger partial charge in [0, 0.05) is 32.1 Å². The molecule has 4 nitrogen and oxygen atoms in total. The predicted octanol–water partition coefficient (Wildman–Crippen LogP) is 0.00600. The number of fused-ring (bicyclic) bond motifs is 1. The third-order valence-corrected chi connectivity index (χ3v) is 4.77. The van der Waals surface area contributed by atoms with E-state index in [4.69, 9.17) is 0 Å². The van der Waals surface area contributed by atoms with Crippen molar-refractivity contribution < 1.29 is 4.79 Å². The van der Waals surface area contributed by atoms with Crippen molar-refractivity contribution in [3.63, 3.8) is 0 Å². The van der Waals surface area contributed by atoms with Gasteiger partial charge in [0.15, 0.2) is 0 Å². The van der Waals surface area contributed by atoms with Gasteiger partial charge in [-0.2, -0.15) is 0 Å². The fraction of sp³-hybridized carbons (Fsp3) is 0.923. The highest BCUT2D eigenvalue weighted by Crippen LogP contribution is 2.29. The molecule has 0 aromatic carbocycles. The molecule has 2 unspecified atom stereocenters. The number of rotatable bonds is 1. The third-order valence-electron chi connectivity index (χ3n) is 4.77. The monoisotopic (exact) mass is 237 g/mol. The zero-order valence-corrected chi connectivity index (χ0v) is 10.7. The van der Waals surface area contributed by atoms with Crippen LogP contribution in [0.25, 0.3) is 0 Å². The Balaban J connectivity index is 1.56. The second-order valence-corrected chi connectivity index (χ2v) is 6.00. The summed E-state index contributed by atoms with van der Waals surface area (Å²) in [5.41, 5.74) is 0. The zero-order chi connectivity index (χ0) is 11.8. The maximum absolute atomic E-state index is 12.4. The molecule has 3 fully saturated rings. The molecule has 3 rings (SSSR count). The molecule has 0 bridgehead atoms. The van der Waals surface area contributed by atoms with E-state index in [-0.39, 0.29) is 0 Å². The van der Waals surface area contributed by atoms with Gasteiger partial charge < -0.3 is 15.1 Å². The van der Waals surface area contributed by atoms with Crippen molar-refractivity contribution in [3.05, 3.63) is 0 Å². The molecule has 3 saturated heterocycles. The first kappa shape index (κ1) is 11.5. The SMILES string of the molecule is CN1CCC(C(=O)N2CC3CNCC3C2)CC1. The van der Waals surface area contributed by atoms with Crippen LogP contribution in [0.3, 0.4) is 0 Å². The zero-order valence-electron chi connectivity index (χ0n) is 10.7. The van der Waals surface area contributed by atoms with Crippen molar-refractivity contribution in [2.75, 3.05) is 46.3 Å². The predicted molar refractivity (Wildman–Crippen MR) is 66.7 cm³/mol. The molecule has 1 N–H and O–H groups in total. The Labute approximate surface area is 103 Å². The number of carbonyl (C=O) groups is 1. The Hall–Kier alpha value is -0.610. The molecule has 96 valence electrons. The first-order valence-electron chi connectivity index (χ1n) is 6.92. The highest BCUT2D eigenvalue weighted by atomic mass is 16.2. The molecule has 1 amide bonds. The number of hydrogen-bond acceptors (Lipinski definition) is 3. The number of nitrogens with zero attached hydrogens (tertiary/aromatic N) is 2. The van der Waals surface area contributed by atoms with Gasteiger partial charge in [-0.1, -0.05) is 0 Å². The summed E-state index contributed by atoms with van der Waals surface area (Å²) < 4.78 is 0. The second-order valence-electron chi connectivity index (χ2n) is 6.00. The third kappa shape index (κ3) is 2.20.